The summed E-state index contributed by atoms with van der Waals surface area (Å²) in [5.41, 5.74) is 2.98. The first-order chi connectivity index (χ1) is 14.0. The highest BCUT2D eigenvalue weighted by Gasteiger charge is 2.06. The number of carboxylic acids is 1. The minimum absolute atomic E-state index is 0.186. The molecule has 148 valence electrons. The SMILES string of the molecule is O=C(O)COc1ccc(/C=N\NC(=O)COc2cccc3ccccc23)cc1Cl. The van der Waals surface area contributed by atoms with Gasteiger partial charge in [0.2, 0.25) is 0 Å². The van der Waals surface area contributed by atoms with Crippen LogP contribution in [-0.4, -0.2) is 36.4 Å². The topological polar surface area (TPSA) is 97.2 Å². The molecule has 29 heavy (non-hydrogen) atoms. The van der Waals surface area contributed by atoms with Crippen molar-refractivity contribution in [3.05, 3.63) is 71.2 Å². The zero-order valence-corrected chi connectivity index (χ0v) is 15.9. The van der Waals surface area contributed by atoms with Crippen LogP contribution in [0.2, 0.25) is 5.02 Å². The maximum Gasteiger partial charge on any atom is 0.341 e. The van der Waals surface area contributed by atoms with Gasteiger partial charge in [-0.15, -0.1) is 0 Å². The molecule has 7 nitrogen and oxygen atoms in total. The normalized spacial score (nSPS) is 10.8. The zero-order chi connectivity index (χ0) is 20.6. The molecule has 0 heterocycles. The maximum absolute atomic E-state index is 12.0. The first-order valence-electron chi connectivity index (χ1n) is 8.59. The molecule has 0 unspecified atom stereocenters. The van der Waals surface area contributed by atoms with E-state index in [9.17, 15) is 9.59 Å². The van der Waals surface area contributed by atoms with Crippen LogP contribution in [0.1, 0.15) is 5.56 Å². The van der Waals surface area contributed by atoms with Crippen LogP contribution in [0.3, 0.4) is 0 Å². The van der Waals surface area contributed by atoms with E-state index in [4.69, 9.17) is 26.2 Å². The average Bonchev–Trinajstić information content (AvgIpc) is 2.71. The van der Waals surface area contributed by atoms with Crippen LogP contribution in [0.15, 0.2) is 65.8 Å². The number of benzene rings is 3. The number of aliphatic carboxylic acids is 1. The van der Waals surface area contributed by atoms with Crippen LogP contribution in [0, 0.1) is 0 Å². The van der Waals surface area contributed by atoms with Crippen molar-refractivity contribution in [3.8, 4) is 11.5 Å². The highest BCUT2D eigenvalue weighted by Crippen LogP contribution is 2.25. The van der Waals surface area contributed by atoms with E-state index in [2.05, 4.69) is 10.5 Å². The van der Waals surface area contributed by atoms with Gasteiger partial charge in [0, 0.05) is 5.39 Å². The molecule has 8 heteroatoms. The summed E-state index contributed by atoms with van der Waals surface area (Å²) in [5, 5.41) is 14.7. The van der Waals surface area contributed by atoms with Gasteiger partial charge in [-0.25, -0.2) is 10.2 Å². The van der Waals surface area contributed by atoms with Crippen molar-refractivity contribution in [2.24, 2.45) is 5.10 Å². The van der Waals surface area contributed by atoms with Crippen molar-refractivity contribution in [2.45, 2.75) is 0 Å². The smallest absolute Gasteiger partial charge is 0.341 e. The molecule has 0 aromatic heterocycles. The highest BCUT2D eigenvalue weighted by atomic mass is 35.5. The van der Waals surface area contributed by atoms with Gasteiger partial charge in [0.25, 0.3) is 5.91 Å². The van der Waals surface area contributed by atoms with Crippen molar-refractivity contribution >= 4 is 40.5 Å². The number of fused-ring (bicyclic) bond motifs is 1. The summed E-state index contributed by atoms with van der Waals surface area (Å²) in [4.78, 5) is 22.5. The minimum Gasteiger partial charge on any atom is -0.483 e. The fourth-order valence-corrected chi connectivity index (χ4v) is 2.77. The zero-order valence-electron chi connectivity index (χ0n) is 15.2. The fraction of sp³-hybridized carbons (Fsp3) is 0.0952. The Kier molecular flexibility index (Phi) is 6.65. The van der Waals surface area contributed by atoms with Gasteiger partial charge in [-0.2, -0.15) is 5.10 Å². The van der Waals surface area contributed by atoms with Crippen molar-refractivity contribution < 1.29 is 24.2 Å². The molecule has 0 bridgehead atoms. The van der Waals surface area contributed by atoms with Crippen LogP contribution in [-0.2, 0) is 9.59 Å². The lowest BCUT2D eigenvalue weighted by Crippen LogP contribution is -2.24. The van der Waals surface area contributed by atoms with Gasteiger partial charge in [-0.05, 0) is 35.2 Å². The lowest BCUT2D eigenvalue weighted by Gasteiger charge is -2.08. The fourth-order valence-electron chi connectivity index (χ4n) is 2.53. The molecular formula is C21H17ClN2O5. The third kappa shape index (κ3) is 5.70. The molecule has 0 saturated carbocycles. The summed E-state index contributed by atoms with van der Waals surface area (Å²) in [7, 11) is 0. The molecule has 1 amide bonds. The van der Waals surface area contributed by atoms with Gasteiger partial charge in [-0.3, -0.25) is 4.79 Å². The Labute approximate surface area is 171 Å². The van der Waals surface area contributed by atoms with E-state index < -0.39 is 18.5 Å². The first-order valence-corrected chi connectivity index (χ1v) is 8.97. The number of rotatable bonds is 8. The number of hydrazone groups is 1. The monoisotopic (exact) mass is 412 g/mol. The van der Waals surface area contributed by atoms with Gasteiger partial charge in [-0.1, -0.05) is 48.0 Å². The Balaban J connectivity index is 1.53. The standard InChI is InChI=1S/C21H17ClN2O5/c22-17-10-14(8-9-19(17)29-13-21(26)27)11-23-24-20(25)12-28-18-7-3-5-15-4-1-2-6-16(15)18/h1-11H,12-13H2,(H,24,25)(H,26,27)/b23-11-. The van der Waals surface area contributed by atoms with Crippen LogP contribution >= 0.6 is 11.6 Å². The third-order valence-corrected chi connectivity index (χ3v) is 4.11. The average molecular weight is 413 g/mol. The van der Waals surface area contributed by atoms with Gasteiger partial charge >= 0.3 is 5.97 Å². The van der Waals surface area contributed by atoms with E-state index in [0.29, 0.717) is 11.3 Å². The number of carbonyl (C=O) groups excluding carboxylic acids is 1. The lowest BCUT2D eigenvalue weighted by atomic mass is 10.1. The van der Waals surface area contributed by atoms with Crippen LogP contribution in [0.4, 0.5) is 0 Å². The van der Waals surface area contributed by atoms with Crippen molar-refractivity contribution in [1.82, 2.24) is 5.43 Å². The quantitative estimate of drug-likeness (QED) is 0.436. The molecule has 0 aliphatic heterocycles. The van der Waals surface area contributed by atoms with Crippen LogP contribution < -0.4 is 14.9 Å². The Morgan fingerprint density at radius 2 is 1.76 bits per heavy atom. The first kappa shape index (κ1) is 20.2. The number of nitrogens with one attached hydrogen (secondary N) is 1. The Morgan fingerprint density at radius 3 is 2.55 bits per heavy atom. The number of nitrogens with zero attached hydrogens (tertiary/aromatic N) is 1. The Bertz CT molecular complexity index is 1060. The van der Waals surface area contributed by atoms with Gasteiger partial charge in [0.05, 0.1) is 11.2 Å². The van der Waals surface area contributed by atoms with E-state index in [-0.39, 0.29) is 17.4 Å². The molecule has 0 aliphatic carbocycles. The molecule has 3 rings (SSSR count). The summed E-state index contributed by atoms with van der Waals surface area (Å²) < 4.78 is 10.6. The van der Waals surface area contributed by atoms with E-state index in [0.717, 1.165) is 10.8 Å². The van der Waals surface area contributed by atoms with Crippen molar-refractivity contribution in [2.75, 3.05) is 13.2 Å². The van der Waals surface area contributed by atoms with Crippen LogP contribution in [0.25, 0.3) is 10.8 Å². The molecule has 0 saturated heterocycles. The molecule has 0 atom stereocenters. The molecule has 0 aliphatic rings. The molecule has 3 aromatic rings. The number of carbonyl (C=O) groups is 2. The predicted octanol–water partition coefficient (Wildman–Crippen LogP) is 3.49. The summed E-state index contributed by atoms with van der Waals surface area (Å²) >= 11 is 6.03. The molecular weight excluding hydrogens is 396 g/mol. The van der Waals surface area contributed by atoms with Gasteiger partial charge < -0.3 is 14.6 Å². The number of ether oxygens (including phenoxy) is 2. The second-order valence-corrected chi connectivity index (χ2v) is 6.34. The number of hydrogen-bond donors (Lipinski definition) is 2. The van der Waals surface area contributed by atoms with E-state index >= 15 is 0 Å². The Morgan fingerprint density at radius 1 is 1.00 bits per heavy atom. The van der Waals surface area contributed by atoms with Crippen molar-refractivity contribution in [1.29, 1.82) is 0 Å². The summed E-state index contributed by atoms with van der Waals surface area (Å²) in [6, 6.07) is 18.1. The van der Waals surface area contributed by atoms with Gasteiger partial charge in [0.15, 0.2) is 13.2 Å². The van der Waals surface area contributed by atoms with E-state index in [1.807, 2.05) is 36.4 Å². The highest BCUT2D eigenvalue weighted by molar-refractivity contribution is 6.32. The molecule has 2 N–H and O–H groups in total. The lowest BCUT2D eigenvalue weighted by molar-refractivity contribution is -0.139. The summed E-state index contributed by atoms with van der Waals surface area (Å²) in [5.74, 6) is -0.647. The second kappa shape index (κ2) is 9.57. The summed E-state index contributed by atoms with van der Waals surface area (Å²) in [6.45, 7) is -0.673. The summed E-state index contributed by atoms with van der Waals surface area (Å²) in [6.07, 6.45) is 1.41. The Hall–Kier alpha value is -3.58. The molecule has 0 fully saturated rings. The number of hydrogen-bond acceptors (Lipinski definition) is 5. The van der Waals surface area contributed by atoms with Crippen LogP contribution in [0.5, 0.6) is 11.5 Å². The largest absolute Gasteiger partial charge is 0.483 e. The van der Waals surface area contributed by atoms with Crippen molar-refractivity contribution in [3.63, 3.8) is 0 Å². The third-order valence-electron chi connectivity index (χ3n) is 3.82. The molecule has 0 spiro atoms. The molecule has 3 aromatic carbocycles. The van der Waals surface area contributed by atoms with E-state index in [1.165, 1.54) is 12.3 Å². The van der Waals surface area contributed by atoms with E-state index in [1.54, 1.807) is 18.2 Å². The number of halogens is 1. The minimum atomic E-state index is -1.10. The predicted molar refractivity (Wildman–Crippen MR) is 110 cm³/mol. The second-order valence-electron chi connectivity index (χ2n) is 5.93. The number of amides is 1. The maximum atomic E-state index is 12.0. The molecule has 0 radical (unpaired) electrons. The van der Waals surface area contributed by atoms with Gasteiger partial charge in [0.1, 0.15) is 11.5 Å². The number of carboxylic acid groups (broad SMARTS) is 1.